The van der Waals surface area contributed by atoms with Crippen LogP contribution >= 0.6 is 0 Å². The number of hydrogen-bond acceptors (Lipinski definition) is 5. The van der Waals surface area contributed by atoms with Crippen LogP contribution in [0, 0.1) is 19.8 Å². The Labute approximate surface area is 101 Å². The second-order valence-corrected chi connectivity index (χ2v) is 4.49. The highest BCUT2D eigenvalue weighted by Crippen LogP contribution is 2.20. The SMILES string of the molecule is COC(=O)C1CCN(Cc2nc(C)c(C)o2)C1. The van der Waals surface area contributed by atoms with Crippen molar-refractivity contribution in [1.82, 2.24) is 9.88 Å². The molecule has 1 aliphatic rings. The van der Waals surface area contributed by atoms with E-state index in [2.05, 4.69) is 9.88 Å². The van der Waals surface area contributed by atoms with Gasteiger partial charge in [-0.05, 0) is 26.8 Å². The molecule has 5 heteroatoms. The molecule has 1 saturated heterocycles. The van der Waals surface area contributed by atoms with Crippen LogP contribution in [0.5, 0.6) is 0 Å². The first-order valence-electron chi connectivity index (χ1n) is 5.83. The van der Waals surface area contributed by atoms with Crippen LogP contribution in [0.25, 0.3) is 0 Å². The molecule has 0 amide bonds. The Kier molecular flexibility index (Phi) is 3.47. The molecular weight excluding hydrogens is 220 g/mol. The zero-order chi connectivity index (χ0) is 12.4. The molecule has 0 spiro atoms. The molecule has 1 aliphatic heterocycles. The Morgan fingerprint density at radius 1 is 1.59 bits per heavy atom. The largest absolute Gasteiger partial charge is 0.469 e. The molecule has 1 fully saturated rings. The lowest BCUT2D eigenvalue weighted by molar-refractivity contribution is -0.144. The third-order valence-electron chi connectivity index (χ3n) is 3.24. The van der Waals surface area contributed by atoms with Crippen LogP contribution in [0.15, 0.2) is 4.42 Å². The average molecular weight is 238 g/mol. The third-order valence-corrected chi connectivity index (χ3v) is 3.24. The van der Waals surface area contributed by atoms with E-state index >= 15 is 0 Å². The van der Waals surface area contributed by atoms with Gasteiger partial charge in [-0.15, -0.1) is 0 Å². The molecule has 0 aliphatic carbocycles. The van der Waals surface area contributed by atoms with Gasteiger partial charge in [-0.3, -0.25) is 9.69 Å². The highest BCUT2D eigenvalue weighted by Gasteiger charge is 2.29. The fourth-order valence-corrected chi connectivity index (χ4v) is 2.13. The van der Waals surface area contributed by atoms with Crippen molar-refractivity contribution in [2.24, 2.45) is 5.92 Å². The molecule has 94 valence electrons. The lowest BCUT2D eigenvalue weighted by Crippen LogP contribution is -2.23. The van der Waals surface area contributed by atoms with Crippen molar-refractivity contribution < 1.29 is 13.9 Å². The van der Waals surface area contributed by atoms with Gasteiger partial charge in [0.15, 0.2) is 0 Å². The molecule has 2 heterocycles. The number of aromatic nitrogens is 1. The Morgan fingerprint density at radius 2 is 2.35 bits per heavy atom. The van der Waals surface area contributed by atoms with Crippen molar-refractivity contribution in [3.8, 4) is 0 Å². The van der Waals surface area contributed by atoms with Crippen LogP contribution in [0.4, 0.5) is 0 Å². The van der Waals surface area contributed by atoms with E-state index in [1.807, 2.05) is 13.8 Å². The van der Waals surface area contributed by atoms with E-state index in [0.29, 0.717) is 6.54 Å². The predicted molar refractivity (Wildman–Crippen MR) is 61.4 cm³/mol. The van der Waals surface area contributed by atoms with Crippen molar-refractivity contribution in [2.75, 3.05) is 20.2 Å². The normalized spacial score (nSPS) is 20.8. The molecule has 1 unspecified atom stereocenters. The van der Waals surface area contributed by atoms with E-state index in [1.165, 1.54) is 7.11 Å². The Hall–Kier alpha value is -1.36. The maximum atomic E-state index is 11.4. The summed E-state index contributed by atoms with van der Waals surface area (Å²) in [6.07, 6.45) is 0.853. The van der Waals surface area contributed by atoms with Crippen LogP contribution in [-0.2, 0) is 16.1 Å². The summed E-state index contributed by atoms with van der Waals surface area (Å²) >= 11 is 0. The van der Waals surface area contributed by atoms with Gasteiger partial charge < -0.3 is 9.15 Å². The smallest absolute Gasteiger partial charge is 0.310 e. The molecule has 0 aromatic carbocycles. The molecule has 5 nitrogen and oxygen atoms in total. The first-order valence-corrected chi connectivity index (χ1v) is 5.83. The number of carbonyl (C=O) groups excluding carboxylic acids is 1. The van der Waals surface area contributed by atoms with Crippen LogP contribution in [-0.4, -0.2) is 36.1 Å². The maximum Gasteiger partial charge on any atom is 0.310 e. The van der Waals surface area contributed by atoms with Gasteiger partial charge in [0.25, 0.3) is 0 Å². The summed E-state index contributed by atoms with van der Waals surface area (Å²) in [6, 6.07) is 0. The minimum Gasteiger partial charge on any atom is -0.469 e. The summed E-state index contributed by atoms with van der Waals surface area (Å²) in [6.45, 7) is 6.13. The molecule has 0 N–H and O–H groups in total. The van der Waals surface area contributed by atoms with E-state index in [1.54, 1.807) is 0 Å². The monoisotopic (exact) mass is 238 g/mol. The molecule has 1 atom stereocenters. The first-order chi connectivity index (χ1) is 8.10. The molecule has 1 aromatic rings. The van der Waals surface area contributed by atoms with Gasteiger partial charge >= 0.3 is 5.97 Å². The van der Waals surface area contributed by atoms with E-state index in [9.17, 15) is 4.79 Å². The summed E-state index contributed by atoms with van der Waals surface area (Å²) < 4.78 is 10.3. The molecular formula is C12H18N2O3. The second-order valence-electron chi connectivity index (χ2n) is 4.49. The zero-order valence-electron chi connectivity index (χ0n) is 10.5. The Balaban J connectivity index is 1.91. The fourth-order valence-electron chi connectivity index (χ4n) is 2.13. The third kappa shape index (κ3) is 2.66. The topological polar surface area (TPSA) is 55.6 Å². The van der Waals surface area contributed by atoms with Gasteiger partial charge in [-0.25, -0.2) is 4.98 Å². The van der Waals surface area contributed by atoms with Gasteiger partial charge in [0.1, 0.15) is 5.76 Å². The number of rotatable bonds is 3. The van der Waals surface area contributed by atoms with E-state index in [0.717, 1.165) is 36.9 Å². The molecule has 0 saturated carbocycles. The lowest BCUT2D eigenvalue weighted by atomic mass is 10.1. The Bertz CT molecular complexity index is 394. The molecule has 0 bridgehead atoms. The molecule has 2 rings (SSSR count). The minimum absolute atomic E-state index is 0.00263. The number of esters is 1. The van der Waals surface area contributed by atoms with Crippen LogP contribution in [0.1, 0.15) is 23.8 Å². The summed E-state index contributed by atoms with van der Waals surface area (Å²) in [7, 11) is 1.44. The lowest BCUT2D eigenvalue weighted by Gasteiger charge is -2.12. The second kappa shape index (κ2) is 4.87. The average Bonchev–Trinajstić information content (AvgIpc) is 2.87. The van der Waals surface area contributed by atoms with Gasteiger partial charge in [0.2, 0.25) is 5.89 Å². The van der Waals surface area contributed by atoms with E-state index in [4.69, 9.17) is 9.15 Å². The summed E-state index contributed by atoms with van der Waals surface area (Å²) in [5, 5.41) is 0. The van der Waals surface area contributed by atoms with Gasteiger partial charge in [0, 0.05) is 6.54 Å². The van der Waals surface area contributed by atoms with Crippen LogP contribution in [0.3, 0.4) is 0 Å². The Morgan fingerprint density at radius 3 is 2.94 bits per heavy atom. The molecule has 17 heavy (non-hydrogen) atoms. The number of carbonyl (C=O) groups is 1. The quantitative estimate of drug-likeness (QED) is 0.743. The van der Waals surface area contributed by atoms with Crippen LogP contribution < -0.4 is 0 Å². The van der Waals surface area contributed by atoms with E-state index in [-0.39, 0.29) is 11.9 Å². The maximum absolute atomic E-state index is 11.4. The number of nitrogens with zero attached hydrogens (tertiary/aromatic N) is 2. The van der Waals surface area contributed by atoms with Crippen molar-refractivity contribution >= 4 is 5.97 Å². The van der Waals surface area contributed by atoms with E-state index < -0.39 is 0 Å². The van der Waals surface area contributed by atoms with Crippen molar-refractivity contribution in [3.05, 3.63) is 17.3 Å². The van der Waals surface area contributed by atoms with Gasteiger partial charge in [-0.1, -0.05) is 0 Å². The predicted octanol–water partition coefficient (Wildman–Crippen LogP) is 1.29. The van der Waals surface area contributed by atoms with Gasteiger partial charge in [-0.2, -0.15) is 0 Å². The number of likely N-dealkylation sites (tertiary alicyclic amines) is 1. The highest BCUT2D eigenvalue weighted by molar-refractivity contribution is 5.72. The summed E-state index contributed by atoms with van der Waals surface area (Å²) in [4.78, 5) is 17.9. The standard InChI is InChI=1S/C12H18N2O3/c1-8-9(2)17-11(13-8)7-14-5-4-10(6-14)12(15)16-3/h10H,4-7H2,1-3H3. The summed E-state index contributed by atoms with van der Waals surface area (Å²) in [5.74, 6) is 1.47. The highest BCUT2D eigenvalue weighted by atomic mass is 16.5. The molecule has 1 aromatic heterocycles. The fraction of sp³-hybridized carbons (Fsp3) is 0.667. The van der Waals surface area contributed by atoms with Gasteiger partial charge in [0.05, 0.1) is 25.3 Å². The van der Waals surface area contributed by atoms with Crippen molar-refractivity contribution in [1.29, 1.82) is 0 Å². The zero-order valence-corrected chi connectivity index (χ0v) is 10.5. The minimum atomic E-state index is -0.118. The number of ether oxygens (including phenoxy) is 1. The van der Waals surface area contributed by atoms with Crippen molar-refractivity contribution in [2.45, 2.75) is 26.8 Å². The number of methoxy groups -OCH3 is 1. The number of hydrogen-bond donors (Lipinski definition) is 0. The number of oxazole rings is 1. The summed E-state index contributed by atoms with van der Waals surface area (Å²) in [5.41, 5.74) is 0.934. The number of aryl methyl sites for hydroxylation is 2. The first kappa shape index (κ1) is 12.1. The van der Waals surface area contributed by atoms with Crippen LogP contribution in [0.2, 0.25) is 0 Å². The molecule has 0 radical (unpaired) electrons. The van der Waals surface area contributed by atoms with Crippen molar-refractivity contribution in [3.63, 3.8) is 0 Å².